The van der Waals surface area contributed by atoms with Gasteiger partial charge in [0, 0.05) is 19.1 Å². The number of nitrogens with zero attached hydrogens (tertiary/aromatic N) is 1. The summed E-state index contributed by atoms with van der Waals surface area (Å²) in [4.78, 5) is 19.8. The number of hydrogen-bond acceptors (Lipinski definition) is 6. The molecule has 0 saturated carbocycles. The molecule has 1 aromatic carbocycles. The summed E-state index contributed by atoms with van der Waals surface area (Å²) in [6.07, 6.45) is 0. The lowest BCUT2D eigenvalue weighted by molar-refractivity contribution is -0.384. The molecule has 0 unspecified atom stereocenters. The number of nitro benzene ring substituents is 1. The molecule has 0 aliphatic rings. The first-order chi connectivity index (χ1) is 7.33. The topological polar surface area (TPSA) is 104 Å². The summed E-state index contributed by atoms with van der Waals surface area (Å²) in [6.45, 7) is 0.947. The molecule has 0 atom stereocenters. The van der Waals surface area contributed by atoms with Crippen molar-refractivity contribution in [2.45, 2.75) is 11.8 Å². The molecule has 0 bridgehead atoms. The van der Waals surface area contributed by atoms with E-state index in [1.807, 2.05) is 0 Å². The van der Waals surface area contributed by atoms with E-state index in [1.54, 1.807) is 0 Å². The Bertz CT molecular complexity index is 518. The first-order valence-electron chi connectivity index (χ1n) is 4.02. The van der Waals surface area contributed by atoms with Crippen LogP contribution in [0.3, 0.4) is 0 Å². The average Bonchev–Trinajstić information content (AvgIpc) is 2.16. The highest BCUT2D eigenvalue weighted by atomic mass is 32.2. The fraction of sp³-hybridized carbons (Fsp3) is 0.125. The van der Waals surface area contributed by atoms with Crippen molar-refractivity contribution in [1.29, 1.82) is 0 Å². The molecule has 8 heteroatoms. The molecule has 0 heterocycles. The minimum absolute atomic E-state index is 0.248. The lowest BCUT2D eigenvalue weighted by Gasteiger charge is -2.02. The van der Waals surface area contributed by atoms with Crippen molar-refractivity contribution in [2.24, 2.45) is 0 Å². The van der Waals surface area contributed by atoms with E-state index >= 15 is 0 Å². The van der Waals surface area contributed by atoms with Crippen LogP contribution in [0.1, 0.15) is 6.92 Å². The van der Waals surface area contributed by atoms with Gasteiger partial charge in [0.2, 0.25) is 0 Å². The molecular formula is C8H7NO6S. The van der Waals surface area contributed by atoms with Crippen molar-refractivity contribution in [2.75, 3.05) is 0 Å². The van der Waals surface area contributed by atoms with Crippen LogP contribution in [0.2, 0.25) is 0 Å². The van der Waals surface area contributed by atoms with Crippen LogP contribution < -0.4 is 0 Å². The minimum Gasteiger partial charge on any atom is -0.343 e. The van der Waals surface area contributed by atoms with Crippen LogP contribution in [0.25, 0.3) is 0 Å². The van der Waals surface area contributed by atoms with Crippen LogP contribution in [-0.2, 0) is 19.1 Å². The smallest absolute Gasteiger partial charge is 0.341 e. The molecule has 0 radical (unpaired) electrons. The van der Waals surface area contributed by atoms with Crippen molar-refractivity contribution in [3.63, 3.8) is 0 Å². The Morgan fingerprint density at radius 3 is 2.19 bits per heavy atom. The quantitative estimate of drug-likeness (QED) is 0.444. The number of carbonyl (C=O) groups is 1. The molecule has 0 fully saturated rings. The third-order valence-electron chi connectivity index (χ3n) is 1.56. The van der Waals surface area contributed by atoms with Crippen LogP contribution in [0.15, 0.2) is 29.2 Å². The summed E-state index contributed by atoms with van der Waals surface area (Å²) in [7, 11) is -4.17. The Morgan fingerprint density at radius 1 is 1.31 bits per heavy atom. The molecule has 16 heavy (non-hydrogen) atoms. The Balaban J connectivity index is 3.07. The zero-order chi connectivity index (χ0) is 12.3. The molecular weight excluding hydrogens is 238 g/mol. The van der Waals surface area contributed by atoms with E-state index in [1.165, 1.54) is 0 Å². The summed E-state index contributed by atoms with van der Waals surface area (Å²) >= 11 is 0. The van der Waals surface area contributed by atoms with Gasteiger partial charge >= 0.3 is 16.1 Å². The van der Waals surface area contributed by atoms with E-state index < -0.39 is 21.0 Å². The van der Waals surface area contributed by atoms with Gasteiger partial charge in [-0.2, -0.15) is 8.42 Å². The lowest BCUT2D eigenvalue weighted by atomic mass is 10.3. The van der Waals surface area contributed by atoms with Crippen molar-refractivity contribution in [3.05, 3.63) is 34.4 Å². The van der Waals surface area contributed by atoms with Gasteiger partial charge in [-0.15, -0.1) is 0 Å². The highest BCUT2D eigenvalue weighted by Crippen LogP contribution is 2.17. The van der Waals surface area contributed by atoms with Gasteiger partial charge in [0.15, 0.2) is 0 Å². The SMILES string of the molecule is CC(=O)OS(=O)(=O)c1ccc([N+](=O)[O-])cc1. The zero-order valence-corrected chi connectivity index (χ0v) is 8.93. The molecule has 7 nitrogen and oxygen atoms in total. The third-order valence-corrected chi connectivity index (χ3v) is 2.87. The molecule has 0 aliphatic heterocycles. The summed E-state index contributed by atoms with van der Waals surface area (Å²) in [5.74, 6) is -0.974. The molecule has 0 aromatic heterocycles. The summed E-state index contributed by atoms with van der Waals surface area (Å²) < 4.78 is 26.7. The van der Waals surface area contributed by atoms with Crippen molar-refractivity contribution in [3.8, 4) is 0 Å². The van der Waals surface area contributed by atoms with Gasteiger partial charge in [-0.05, 0) is 12.1 Å². The number of non-ortho nitro benzene ring substituents is 1. The van der Waals surface area contributed by atoms with Gasteiger partial charge in [-0.1, -0.05) is 0 Å². The van der Waals surface area contributed by atoms with Crippen molar-refractivity contribution in [1.82, 2.24) is 0 Å². The van der Waals surface area contributed by atoms with Gasteiger partial charge in [0.1, 0.15) is 4.90 Å². The molecule has 0 amide bonds. The molecule has 0 spiro atoms. The van der Waals surface area contributed by atoms with Crippen LogP contribution in [0, 0.1) is 10.1 Å². The molecule has 1 rings (SSSR count). The molecule has 0 aliphatic carbocycles. The molecule has 0 N–H and O–H groups in total. The van der Waals surface area contributed by atoms with Gasteiger partial charge in [0.05, 0.1) is 4.92 Å². The highest BCUT2D eigenvalue weighted by molar-refractivity contribution is 7.87. The van der Waals surface area contributed by atoms with Gasteiger partial charge in [0.25, 0.3) is 5.69 Å². The predicted molar refractivity (Wildman–Crippen MR) is 52.0 cm³/mol. The maximum absolute atomic E-state index is 11.3. The highest BCUT2D eigenvalue weighted by Gasteiger charge is 2.18. The number of carbonyl (C=O) groups excluding carboxylic acids is 1. The second-order valence-corrected chi connectivity index (χ2v) is 4.33. The second-order valence-electron chi connectivity index (χ2n) is 2.78. The number of benzene rings is 1. The Kier molecular flexibility index (Phi) is 3.23. The summed E-state index contributed by atoms with van der Waals surface area (Å²) in [5, 5.41) is 10.3. The Labute approximate surface area is 90.9 Å². The van der Waals surface area contributed by atoms with E-state index in [2.05, 4.69) is 4.18 Å². The largest absolute Gasteiger partial charge is 0.343 e. The molecule has 1 aromatic rings. The average molecular weight is 245 g/mol. The van der Waals surface area contributed by atoms with Gasteiger partial charge in [-0.3, -0.25) is 14.9 Å². The fourth-order valence-corrected chi connectivity index (χ4v) is 1.81. The maximum Gasteiger partial charge on any atom is 0.341 e. The van der Waals surface area contributed by atoms with E-state index in [4.69, 9.17) is 0 Å². The van der Waals surface area contributed by atoms with Crippen LogP contribution >= 0.6 is 0 Å². The van der Waals surface area contributed by atoms with Gasteiger partial charge in [-0.25, -0.2) is 0 Å². The van der Waals surface area contributed by atoms with Crippen LogP contribution in [0.5, 0.6) is 0 Å². The summed E-state index contributed by atoms with van der Waals surface area (Å²) in [5.41, 5.74) is -0.248. The van der Waals surface area contributed by atoms with Crippen LogP contribution in [-0.4, -0.2) is 19.3 Å². The fourth-order valence-electron chi connectivity index (χ4n) is 0.937. The number of nitro groups is 1. The molecule has 86 valence electrons. The second kappa shape index (κ2) is 4.27. The Morgan fingerprint density at radius 2 is 1.81 bits per heavy atom. The third kappa shape index (κ3) is 2.76. The first kappa shape index (κ1) is 12.1. The minimum atomic E-state index is -4.17. The molecule has 0 saturated heterocycles. The van der Waals surface area contributed by atoms with Crippen LogP contribution in [0.4, 0.5) is 5.69 Å². The lowest BCUT2D eigenvalue weighted by Crippen LogP contribution is -2.10. The van der Waals surface area contributed by atoms with E-state index in [0.29, 0.717) is 0 Å². The van der Waals surface area contributed by atoms with E-state index in [-0.39, 0.29) is 10.6 Å². The number of hydrogen-bond donors (Lipinski definition) is 0. The Hall–Kier alpha value is -1.96. The van der Waals surface area contributed by atoms with Crippen molar-refractivity contribution < 1.29 is 22.3 Å². The van der Waals surface area contributed by atoms with Crippen molar-refractivity contribution >= 4 is 21.8 Å². The normalized spacial score (nSPS) is 10.8. The first-order valence-corrected chi connectivity index (χ1v) is 5.43. The van der Waals surface area contributed by atoms with E-state index in [0.717, 1.165) is 31.2 Å². The predicted octanol–water partition coefficient (Wildman–Crippen LogP) is 0.847. The maximum atomic E-state index is 11.3. The van der Waals surface area contributed by atoms with E-state index in [9.17, 15) is 23.3 Å². The standard InChI is InChI=1S/C8H7NO6S/c1-6(10)15-16(13,14)8-4-2-7(3-5-8)9(11)12/h2-5H,1H3. The zero-order valence-electron chi connectivity index (χ0n) is 8.11. The number of rotatable bonds is 3. The van der Waals surface area contributed by atoms with Gasteiger partial charge < -0.3 is 4.18 Å². The summed E-state index contributed by atoms with van der Waals surface area (Å²) in [6, 6.07) is 4.01. The monoisotopic (exact) mass is 245 g/mol.